The van der Waals surface area contributed by atoms with E-state index in [2.05, 4.69) is 20.1 Å². The van der Waals surface area contributed by atoms with Gasteiger partial charge in [0.25, 0.3) is 0 Å². The van der Waals surface area contributed by atoms with Gasteiger partial charge in [0.05, 0.1) is 30.0 Å². The molecule has 0 fully saturated rings. The minimum absolute atomic E-state index is 0.0219. The number of phosphoric acid groups is 1. The van der Waals surface area contributed by atoms with Crippen molar-refractivity contribution < 1.29 is 28.0 Å². The van der Waals surface area contributed by atoms with Crippen LogP contribution in [0.15, 0.2) is 64.8 Å². The van der Waals surface area contributed by atoms with E-state index >= 15 is 0 Å². The first kappa shape index (κ1) is 22.9. The lowest BCUT2D eigenvalue weighted by molar-refractivity contribution is -0.129. The molecule has 0 saturated carbocycles. The third-order valence-electron chi connectivity index (χ3n) is 3.95. The normalized spacial score (nSPS) is 15.6. The summed E-state index contributed by atoms with van der Waals surface area (Å²) in [7, 11) is -1.74. The maximum Gasteiger partial charge on any atom is 0.471 e. The smallest absolute Gasteiger partial charge is 0.383 e. The van der Waals surface area contributed by atoms with Crippen LogP contribution in [0.4, 0.5) is 17.1 Å². The molecule has 0 radical (unpaired) electrons. The highest BCUT2D eigenvalue weighted by molar-refractivity contribution is 7.47. The zero-order valence-corrected chi connectivity index (χ0v) is 17.3. The van der Waals surface area contributed by atoms with Crippen LogP contribution in [-0.4, -0.2) is 38.2 Å². The molecule has 0 aliphatic heterocycles. The average molecular weight is 421 g/mol. The van der Waals surface area contributed by atoms with Crippen molar-refractivity contribution in [2.24, 2.45) is 15.6 Å². The fourth-order valence-corrected chi connectivity index (χ4v) is 2.83. The Bertz CT molecular complexity index is 875. The lowest BCUT2D eigenvalue weighted by atomic mass is 9.91. The van der Waals surface area contributed by atoms with E-state index in [9.17, 15) is 14.3 Å². The Balaban J connectivity index is 2.03. The van der Waals surface area contributed by atoms with Gasteiger partial charge in [-0.1, -0.05) is 18.2 Å². The van der Waals surface area contributed by atoms with Crippen molar-refractivity contribution in [3.63, 3.8) is 0 Å². The van der Waals surface area contributed by atoms with Crippen LogP contribution in [0.3, 0.4) is 0 Å². The molecule has 0 aliphatic rings. The highest BCUT2D eigenvalue weighted by Gasteiger charge is 2.37. The number of phosphoric ester groups is 1. The topological polar surface area (TPSA) is 119 Å². The average Bonchev–Trinajstić information content (AvgIpc) is 2.73. The maximum absolute atomic E-state index is 12.7. The molecule has 2 unspecified atom stereocenters. The largest absolute Gasteiger partial charge is 0.471 e. The van der Waals surface area contributed by atoms with Gasteiger partial charge in [-0.2, -0.15) is 10.2 Å². The molecule has 0 aliphatic carbocycles. The summed E-state index contributed by atoms with van der Waals surface area (Å²) in [5.41, 5.74) is 0.667. The summed E-state index contributed by atoms with van der Waals surface area (Å²) in [4.78, 5) is 22.1. The van der Waals surface area contributed by atoms with E-state index in [1.165, 1.54) is 7.11 Å². The fourth-order valence-electron chi connectivity index (χ4n) is 2.27. The van der Waals surface area contributed by atoms with Gasteiger partial charge in [0.2, 0.25) is 5.91 Å². The lowest BCUT2D eigenvalue weighted by Crippen LogP contribution is -2.41. The van der Waals surface area contributed by atoms with E-state index in [0.717, 1.165) is 12.8 Å². The van der Waals surface area contributed by atoms with Gasteiger partial charge in [-0.15, -0.1) is 0 Å². The SMILES string of the molecule is COCC(C)(COP(=O)(O)OC)C(=O)Nc1ccc(N=Nc2ccccc2)cc1. The second kappa shape index (κ2) is 10.4. The van der Waals surface area contributed by atoms with Crippen LogP contribution >= 0.6 is 7.82 Å². The number of carbonyl (C=O) groups excluding carboxylic acids is 1. The predicted octanol–water partition coefficient (Wildman–Crippen LogP) is 4.46. The molecule has 0 aromatic heterocycles. The maximum atomic E-state index is 12.7. The fraction of sp³-hybridized carbons (Fsp3) is 0.316. The van der Waals surface area contributed by atoms with Crippen LogP contribution in [-0.2, 0) is 23.1 Å². The summed E-state index contributed by atoms with van der Waals surface area (Å²) in [6.45, 7) is 1.17. The molecule has 0 heterocycles. The molecular formula is C19H24N3O6P. The number of nitrogens with zero attached hydrogens (tertiary/aromatic N) is 2. The minimum Gasteiger partial charge on any atom is -0.383 e. The third-order valence-corrected chi connectivity index (χ3v) is 4.87. The van der Waals surface area contributed by atoms with Gasteiger partial charge in [-0.25, -0.2) is 4.57 Å². The van der Waals surface area contributed by atoms with Crippen molar-refractivity contribution >= 4 is 30.8 Å². The number of anilines is 1. The van der Waals surface area contributed by atoms with E-state index in [4.69, 9.17) is 9.26 Å². The number of methoxy groups -OCH3 is 1. The van der Waals surface area contributed by atoms with Gasteiger partial charge in [0.1, 0.15) is 0 Å². The van der Waals surface area contributed by atoms with Crippen LogP contribution in [0.25, 0.3) is 0 Å². The molecule has 2 aromatic rings. The molecule has 2 N–H and O–H groups in total. The number of carbonyl (C=O) groups is 1. The Morgan fingerprint density at radius 1 is 1.03 bits per heavy atom. The molecule has 156 valence electrons. The third kappa shape index (κ3) is 7.16. The number of rotatable bonds is 10. The molecule has 0 saturated heterocycles. The van der Waals surface area contributed by atoms with Gasteiger partial charge < -0.3 is 14.9 Å². The predicted molar refractivity (Wildman–Crippen MR) is 108 cm³/mol. The second-order valence-electron chi connectivity index (χ2n) is 6.45. The van der Waals surface area contributed by atoms with Gasteiger partial charge in [0, 0.05) is 19.9 Å². The number of amides is 1. The number of hydrogen-bond donors (Lipinski definition) is 2. The zero-order chi connectivity index (χ0) is 21.3. The van der Waals surface area contributed by atoms with Gasteiger partial charge in [0.15, 0.2) is 0 Å². The van der Waals surface area contributed by atoms with E-state index in [-0.39, 0.29) is 13.2 Å². The van der Waals surface area contributed by atoms with Gasteiger partial charge >= 0.3 is 7.82 Å². The number of hydrogen-bond acceptors (Lipinski definition) is 7. The van der Waals surface area contributed by atoms with Crippen molar-refractivity contribution in [2.45, 2.75) is 6.92 Å². The molecule has 2 rings (SSSR count). The summed E-state index contributed by atoms with van der Waals surface area (Å²) in [6.07, 6.45) is 0. The van der Waals surface area contributed by atoms with Gasteiger partial charge in [-0.05, 0) is 43.3 Å². The van der Waals surface area contributed by atoms with Crippen LogP contribution in [0.1, 0.15) is 6.92 Å². The Hall–Kier alpha value is -2.42. The number of benzene rings is 2. The van der Waals surface area contributed by atoms with E-state index in [0.29, 0.717) is 11.4 Å². The molecule has 9 nitrogen and oxygen atoms in total. The van der Waals surface area contributed by atoms with E-state index in [1.54, 1.807) is 31.2 Å². The monoisotopic (exact) mass is 421 g/mol. The summed E-state index contributed by atoms with van der Waals surface area (Å²) >= 11 is 0. The molecule has 0 spiro atoms. The van der Waals surface area contributed by atoms with Crippen LogP contribution in [0, 0.1) is 5.41 Å². The Morgan fingerprint density at radius 3 is 2.17 bits per heavy atom. The number of azo groups is 1. The van der Waals surface area contributed by atoms with Gasteiger partial charge in [-0.3, -0.25) is 13.8 Å². The van der Waals surface area contributed by atoms with Crippen LogP contribution < -0.4 is 5.32 Å². The molecule has 1 amide bonds. The standard InChI is InChI=1S/C19H24N3O6P/c1-19(13-26-2,14-28-29(24,25)27-3)18(23)20-15-9-11-17(12-10-15)22-21-16-7-5-4-6-8-16/h4-12H,13-14H2,1-3H3,(H,20,23)(H,24,25). The van der Waals surface area contributed by atoms with Crippen LogP contribution in [0.5, 0.6) is 0 Å². The Labute approximate surface area is 169 Å². The Morgan fingerprint density at radius 2 is 1.62 bits per heavy atom. The first-order valence-corrected chi connectivity index (χ1v) is 10.2. The summed E-state index contributed by atoms with van der Waals surface area (Å²) in [5, 5.41) is 11.0. The highest BCUT2D eigenvalue weighted by atomic mass is 31.2. The molecule has 0 bridgehead atoms. The van der Waals surface area contributed by atoms with Crippen molar-refractivity contribution in [3.05, 3.63) is 54.6 Å². The highest BCUT2D eigenvalue weighted by Crippen LogP contribution is 2.43. The quantitative estimate of drug-likeness (QED) is 0.432. The minimum atomic E-state index is -4.21. The molecule has 29 heavy (non-hydrogen) atoms. The molecule has 10 heteroatoms. The summed E-state index contributed by atoms with van der Waals surface area (Å²) < 4.78 is 25.9. The zero-order valence-electron chi connectivity index (χ0n) is 16.4. The second-order valence-corrected chi connectivity index (χ2v) is 8.02. The summed E-state index contributed by atoms with van der Waals surface area (Å²) in [6, 6.07) is 16.1. The molecule has 2 atom stereocenters. The van der Waals surface area contributed by atoms with Crippen molar-refractivity contribution in [2.75, 3.05) is 32.8 Å². The summed E-state index contributed by atoms with van der Waals surface area (Å²) in [5.74, 6) is -0.436. The number of nitrogens with one attached hydrogen (secondary N) is 1. The van der Waals surface area contributed by atoms with Crippen molar-refractivity contribution in [3.8, 4) is 0 Å². The van der Waals surface area contributed by atoms with Crippen LogP contribution in [0.2, 0.25) is 0 Å². The Kier molecular flexibility index (Phi) is 8.19. The van der Waals surface area contributed by atoms with Crippen molar-refractivity contribution in [1.82, 2.24) is 0 Å². The number of ether oxygens (including phenoxy) is 1. The first-order valence-electron chi connectivity index (χ1n) is 8.68. The lowest BCUT2D eigenvalue weighted by Gasteiger charge is -2.27. The van der Waals surface area contributed by atoms with E-state index < -0.39 is 19.1 Å². The first-order chi connectivity index (χ1) is 13.8. The van der Waals surface area contributed by atoms with Crippen molar-refractivity contribution in [1.29, 1.82) is 0 Å². The molecule has 2 aromatic carbocycles. The van der Waals surface area contributed by atoms with E-state index in [1.807, 2.05) is 30.3 Å². The molecular weight excluding hydrogens is 397 g/mol.